The molecule has 2 aromatic rings. The standard InChI is InChI=1S/C19H22F3N3O2/c1-3-25(13-8-10-14(26-2)11-9-13)18-23-12-16(19(20,21)22)17(24-18)27-15-6-4-5-7-15/h8-12,15H,3-7H2,1-2H3. The van der Waals surface area contributed by atoms with Gasteiger partial charge in [0.05, 0.1) is 7.11 Å². The van der Waals surface area contributed by atoms with Crippen LogP contribution in [0.2, 0.25) is 0 Å². The smallest absolute Gasteiger partial charge is 0.423 e. The number of alkyl halides is 3. The number of aromatic nitrogens is 2. The van der Waals surface area contributed by atoms with Crippen molar-refractivity contribution in [1.82, 2.24) is 9.97 Å². The number of rotatable bonds is 6. The van der Waals surface area contributed by atoms with Gasteiger partial charge in [-0.25, -0.2) is 4.98 Å². The van der Waals surface area contributed by atoms with Gasteiger partial charge in [-0.3, -0.25) is 0 Å². The molecule has 0 amide bonds. The summed E-state index contributed by atoms with van der Waals surface area (Å²) in [6.45, 7) is 2.36. The van der Waals surface area contributed by atoms with Gasteiger partial charge >= 0.3 is 6.18 Å². The molecular weight excluding hydrogens is 359 g/mol. The first-order valence-electron chi connectivity index (χ1n) is 8.95. The van der Waals surface area contributed by atoms with Gasteiger partial charge in [-0.05, 0) is 56.9 Å². The molecular formula is C19H22F3N3O2. The highest BCUT2D eigenvalue weighted by Gasteiger charge is 2.37. The van der Waals surface area contributed by atoms with E-state index in [1.54, 1.807) is 36.3 Å². The number of methoxy groups -OCH3 is 1. The minimum absolute atomic E-state index is 0.170. The molecule has 27 heavy (non-hydrogen) atoms. The molecule has 3 rings (SSSR count). The highest BCUT2D eigenvalue weighted by atomic mass is 19.4. The predicted octanol–water partition coefficient (Wildman–Crippen LogP) is 4.98. The molecule has 146 valence electrons. The fourth-order valence-electron chi connectivity index (χ4n) is 3.14. The van der Waals surface area contributed by atoms with Gasteiger partial charge in [0.15, 0.2) is 0 Å². The second kappa shape index (κ2) is 8.02. The van der Waals surface area contributed by atoms with Crippen LogP contribution in [0.15, 0.2) is 30.5 Å². The van der Waals surface area contributed by atoms with E-state index in [0.717, 1.165) is 37.6 Å². The topological polar surface area (TPSA) is 47.5 Å². The Morgan fingerprint density at radius 1 is 1.15 bits per heavy atom. The van der Waals surface area contributed by atoms with Crippen molar-refractivity contribution >= 4 is 11.6 Å². The summed E-state index contributed by atoms with van der Waals surface area (Å²) in [5, 5.41) is 0. The summed E-state index contributed by atoms with van der Waals surface area (Å²) in [7, 11) is 1.57. The third kappa shape index (κ3) is 4.43. The van der Waals surface area contributed by atoms with Crippen molar-refractivity contribution in [3.8, 4) is 11.6 Å². The molecule has 0 aliphatic heterocycles. The Morgan fingerprint density at radius 2 is 1.81 bits per heavy atom. The maximum absolute atomic E-state index is 13.4. The van der Waals surface area contributed by atoms with Crippen LogP contribution in [0.3, 0.4) is 0 Å². The fraction of sp³-hybridized carbons (Fsp3) is 0.474. The lowest BCUT2D eigenvalue weighted by atomic mass is 10.2. The first kappa shape index (κ1) is 19.3. The van der Waals surface area contributed by atoms with Gasteiger partial charge in [0.2, 0.25) is 11.8 Å². The maximum Gasteiger partial charge on any atom is 0.423 e. The van der Waals surface area contributed by atoms with Crippen LogP contribution in [-0.2, 0) is 6.18 Å². The zero-order chi connectivity index (χ0) is 19.4. The molecule has 1 aliphatic carbocycles. The molecule has 1 aromatic carbocycles. The van der Waals surface area contributed by atoms with Crippen LogP contribution < -0.4 is 14.4 Å². The Morgan fingerprint density at radius 3 is 2.37 bits per heavy atom. The third-order valence-corrected chi connectivity index (χ3v) is 4.57. The van der Waals surface area contributed by atoms with Crippen LogP contribution in [0.25, 0.3) is 0 Å². The van der Waals surface area contributed by atoms with E-state index >= 15 is 0 Å². The van der Waals surface area contributed by atoms with Gasteiger partial charge in [-0.2, -0.15) is 18.2 Å². The van der Waals surface area contributed by atoms with E-state index in [4.69, 9.17) is 9.47 Å². The lowest BCUT2D eigenvalue weighted by molar-refractivity contribution is -0.139. The van der Waals surface area contributed by atoms with Crippen molar-refractivity contribution in [3.63, 3.8) is 0 Å². The van der Waals surface area contributed by atoms with Crippen LogP contribution in [0.1, 0.15) is 38.2 Å². The molecule has 0 bridgehead atoms. The van der Waals surface area contributed by atoms with Crippen molar-refractivity contribution in [1.29, 1.82) is 0 Å². The van der Waals surface area contributed by atoms with Crippen molar-refractivity contribution in [2.45, 2.75) is 44.9 Å². The molecule has 1 heterocycles. The molecule has 5 nitrogen and oxygen atoms in total. The molecule has 0 unspecified atom stereocenters. The summed E-state index contributed by atoms with van der Waals surface area (Å²) in [6, 6.07) is 7.16. The number of anilines is 2. The van der Waals surface area contributed by atoms with E-state index in [2.05, 4.69) is 9.97 Å². The predicted molar refractivity (Wildman–Crippen MR) is 95.6 cm³/mol. The SMILES string of the molecule is CCN(c1ccc(OC)cc1)c1ncc(C(F)(F)F)c(OC2CCCC2)n1. The summed E-state index contributed by atoms with van der Waals surface area (Å²) in [6.07, 6.45) is -0.597. The Bertz CT molecular complexity index is 760. The fourth-order valence-corrected chi connectivity index (χ4v) is 3.14. The van der Waals surface area contributed by atoms with E-state index in [0.29, 0.717) is 12.3 Å². The molecule has 0 radical (unpaired) electrons. The quantitative estimate of drug-likeness (QED) is 0.706. The van der Waals surface area contributed by atoms with E-state index in [1.165, 1.54) is 0 Å². The average molecular weight is 381 g/mol. The van der Waals surface area contributed by atoms with Crippen LogP contribution in [0.4, 0.5) is 24.8 Å². The first-order valence-corrected chi connectivity index (χ1v) is 8.95. The van der Waals surface area contributed by atoms with Crippen molar-refractivity contribution in [2.75, 3.05) is 18.6 Å². The van der Waals surface area contributed by atoms with E-state index in [9.17, 15) is 13.2 Å². The number of nitrogens with zero attached hydrogens (tertiary/aromatic N) is 3. The molecule has 0 saturated heterocycles. The summed E-state index contributed by atoms with van der Waals surface area (Å²) < 4.78 is 50.8. The number of hydrogen-bond donors (Lipinski definition) is 0. The Kier molecular flexibility index (Phi) is 5.72. The minimum Gasteiger partial charge on any atom is -0.497 e. The summed E-state index contributed by atoms with van der Waals surface area (Å²) >= 11 is 0. The molecule has 1 aromatic heterocycles. The molecule has 1 saturated carbocycles. The van der Waals surface area contributed by atoms with Crippen LogP contribution >= 0.6 is 0 Å². The molecule has 0 spiro atoms. The summed E-state index contributed by atoms with van der Waals surface area (Å²) in [4.78, 5) is 9.81. The normalized spacial score (nSPS) is 15.0. The lowest BCUT2D eigenvalue weighted by Crippen LogP contribution is -2.22. The van der Waals surface area contributed by atoms with Crippen molar-refractivity contribution in [3.05, 3.63) is 36.0 Å². The highest BCUT2D eigenvalue weighted by Crippen LogP contribution is 2.38. The summed E-state index contributed by atoms with van der Waals surface area (Å²) in [5.74, 6) is 0.462. The maximum atomic E-state index is 13.4. The van der Waals surface area contributed by atoms with Gasteiger partial charge in [0, 0.05) is 18.4 Å². The largest absolute Gasteiger partial charge is 0.497 e. The number of halogens is 3. The number of benzene rings is 1. The highest BCUT2D eigenvalue weighted by molar-refractivity contribution is 5.58. The third-order valence-electron chi connectivity index (χ3n) is 4.57. The van der Waals surface area contributed by atoms with Gasteiger partial charge in [0.1, 0.15) is 17.4 Å². The minimum atomic E-state index is -4.57. The lowest BCUT2D eigenvalue weighted by Gasteiger charge is -2.23. The van der Waals surface area contributed by atoms with Gasteiger partial charge < -0.3 is 14.4 Å². The van der Waals surface area contributed by atoms with Crippen molar-refractivity contribution in [2.24, 2.45) is 0 Å². The second-order valence-electron chi connectivity index (χ2n) is 6.35. The molecule has 0 N–H and O–H groups in total. The zero-order valence-electron chi connectivity index (χ0n) is 15.3. The van der Waals surface area contributed by atoms with E-state index in [-0.39, 0.29) is 12.1 Å². The Labute approximate surface area is 156 Å². The van der Waals surface area contributed by atoms with Gasteiger partial charge in [-0.15, -0.1) is 0 Å². The van der Waals surface area contributed by atoms with E-state index < -0.39 is 17.6 Å². The second-order valence-corrected chi connectivity index (χ2v) is 6.35. The molecule has 8 heteroatoms. The molecule has 1 aliphatic rings. The molecule has 0 atom stereocenters. The van der Waals surface area contributed by atoms with E-state index in [1.807, 2.05) is 6.92 Å². The zero-order valence-corrected chi connectivity index (χ0v) is 15.3. The number of ether oxygens (including phenoxy) is 2. The van der Waals surface area contributed by atoms with Crippen molar-refractivity contribution < 1.29 is 22.6 Å². The monoisotopic (exact) mass is 381 g/mol. The average Bonchev–Trinajstić information content (AvgIpc) is 3.15. The van der Waals surface area contributed by atoms with Crippen LogP contribution in [0, 0.1) is 0 Å². The Balaban J connectivity index is 1.95. The summed E-state index contributed by atoms with van der Waals surface area (Å²) in [5.41, 5.74) is -0.186. The number of hydrogen-bond acceptors (Lipinski definition) is 5. The molecule has 1 fully saturated rings. The van der Waals surface area contributed by atoms with Crippen LogP contribution in [0.5, 0.6) is 11.6 Å². The Hall–Kier alpha value is -2.51. The van der Waals surface area contributed by atoms with Gasteiger partial charge in [-0.1, -0.05) is 0 Å². The van der Waals surface area contributed by atoms with Gasteiger partial charge in [0.25, 0.3) is 0 Å². The first-order chi connectivity index (χ1) is 12.9. The van der Waals surface area contributed by atoms with Crippen LogP contribution in [-0.4, -0.2) is 29.7 Å².